The monoisotopic (exact) mass is 292 g/mol. The molecule has 1 amide bonds. The SMILES string of the molecule is CN(c1cc2c(cc1F)C(O)C(=O)N2)C1CCCCCC1. The third-order valence-corrected chi connectivity index (χ3v) is 4.67. The zero-order valence-corrected chi connectivity index (χ0v) is 12.2. The summed E-state index contributed by atoms with van der Waals surface area (Å²) in [5.41, 5.74) is 1.34. The van der Waals surface area contributed by atoms with Crippen molar-refractivity contribution in [3.63, 3.8) is 0 Å². The standard InChI is InChI=1S/C16H21FN2O2/c1-19(10-6-4-2-3-5-7-10)14-9-13-11(8-12(14)17)15(20)16(21)18-13/h8-10,15,20H,2-7H2,1H3,(H,18,21). The van der Waals surface area contributed by atoms with E-state index in [4.69, 9.17) is 0 Å². The van der Waals surface area contributed by atoms with Gasteiger partial charge in [-0.25, -0.2) is 4.39 Å². The van der Waals surface area contributed by atoms with E-state index in [2.05, 4.69) is 5.32 Å². The van der Waals surface area contributed by atoms with Crippen LogP contribution in [0.25, 0.3) is 0 Å². The molecule has 1 aliphatic carbocycles. The highest BCUT2D eigenvalue weighted by molar-refractivity contribution is 6.02. The summed E-state index contributed by atoms with van der Waals surface area (Å²) in [4.78, 5) is 13.5. The van der Waals surface area contributed by atoms with Crippen LogP contribution in [0, 0.1) is 5.82 Å². The molecule has 1 aliphatic heterocycles. The average Bonchev–Trinajstić information content (AvgIpc) is 2.68. The van der Waals surface area contributed by atoms with Crippen molar-refractivity contribution >= 4 is 17.3 Å². The maximum absolute atomic E-state index is 14.4. The van der Waals surface area contributed by atoms with Crippen LogP contribution >= 0.6 is 0 Å². The lowest BCUT2D eigenvalue weighted by Gasteiger charge is -2.30. The van der Waals surface area contributed by atoms with Gasteiger partial charge >= 0.3 is 0 Å². The minimum Gasteiger partial charge on any atom is -0.378 e. The predicted molar refractivity (Wildman–Crippen MR) is 79.9 cm³/mol. The Morgan fingerprint density at radius 2 is 1.90 bits per heavy atom. The number of benzene rings is 1. The predicted octanol–water partition coefficient (Wildman–Crippen LogP) is 2.97. The van der Waals surface area contributed by atoms with Crippen LogP contribution in [-0.2, 0) is 4.79 Å². The minimum atomic E-state index is -1.26. The first-order valence-electron chi connectivity index (χ1n) is 7.63. The van der Waals surface area contributed by atoms with Crippen LogP contribution in [0.2, 0.25) is 0 Å². The number of hydrogen-bond donors (Lipinski definition) is 2. The van der Waals surface area contributed by atoms with Gasteiger partial charge in [-0.15, -0.1) is 0 Å². The van der Waals surface area contributed by atoms with Crippen molar-refractivity contribution < 1.29 is 14.3 Å². The van der Waals surface area contributed by atoms with Gasteiger partial charge in [0.15, 0.2) is 6.10 Å². The molecule has 1 aromatic rings. The second-order valence-electron chi connectivity index (χ2n) is 6.04. The first-order valence-corrected chi connectivity index (χ1v) is 7.63. The molecule has 3 rings (SSSR count). The highest BCUT2D eigenvalue weighted by Gasteiger charge is 2.31. The number of carbonyl (C=O) groups is 1. The number of hydrogen-bond acceptors (Lipinski definition) is 3. The number of fused-ring (bicyclic) bond motifs is 1. The smallest absolute Gasteiger partial charge is 0.257 e. The van der Waals surface area contributed by atoms with Gasteiger partial charge in [0.25, 0.3) is 5.91 Å². The van der Waals surface area contributed by atoms with Gasteiger partial charge < -0.3 is 15.3 Å². The van der Waals surface area contributed by atoms with Gasteiger partial charge in [-0.3, -0.25) is 4.79 Å². The van der Waals surface area contributed by atoms with Crippen LogP contribution in [0.1, 0.15) is 50.2 Å². The molecule has 2 aliphatic rings. The number of amides is 1. The molecule has 0 aromatic heterocycles. The molecular formula is C16H21FN2O2. The van der Waals surface area contributed by atoms with Crippen LogP contribution in [0.4, 0.5) is 15.8 Å². The zero-order chi connectivity index (χ0) is 15.0. The molecule has 0 radical (unpaired) electrons. The lowest BCUT2D eigenvalue weighted by atomic mass is 10.0. The number of halogens is 1. The second kappa shape index (κ2) is 5.64. The Hall–Kier alpha value is -1.62. The van der Waals surface area contributed by atoms with Crippen LogP contribution < -0.4 is 10.2 Å². The van der Waals surface area contributed by atoms with Crippen molar-refractivity contribution in [1.82, 2.24) is 0 Å². The van der Waals surface area contributed by atoms with Crippen LogP contribution in [-0.4, -0.2) is 24.1 Å². The van der Waals surface area contributed by atoms with Gasteiger partial charge in [0.05, 0.1) is 5.69 Å². The van der Waals surface area contributed by atoms with Crippen molar-refractivity contribution in [2.75, 3.05) is 17.3 Å². The zero-order valence-electron chi connectivity index (χ0n) is 12.2. The van der Waals surface area contributed by atoms with E-state index in [9.17, 15) is 14.3 Å². The summed E-state index contributed by atoms with van der Waals surface area (Å²) in [6, 6.07) is 3.26. The molecule has 5 heteroatoms. The number of carbonyl (C=O) groups excluding carboxylic acids is 1. The maximum Gasteiger partial charge on any atom is 0.257 e. The van der Waals surface area contributed by atoms with Crippen molar-refractivity contribution in [2.45, 2.75) is 50.7 Å². The Bertz CT molecular complexity index is 553. The Morgan fingerprint density at radius 3 is 2.57 bits per heavy atom. The largest absolute Gasteiger partial charge is 0.378 e. The molecule has 1 saturated carbocycles. The second-order valence-corrected chi connectivity index (χ2v) is 6.04. The number of aliphatic hydroxyl groups excluding tert-OH is 1. The molecule has 2 N–H and O–H groups in total. The molecule has 0 spiro atoms. The van der Waals surface area contributed by atoms with Gasteiger partial charge in [0.2, 0.25) is 0 Å². The summed E-state index contributed by atoms with van der Waals surface area (Å²) in [7, 11) is 1.91. The van der Waals surface area contributed by atoms with Crippen molar-refractivity contribution in [1.29, 1.82) is 0 Å². The molecule has 1 aromatic carbocycles. The summed E-state index contributed by atoms with van der Waals surface area (Å²) in [6.07, 6.45) is 5.74. The Kier molecular flexibility index (Phi) is 3.85. The van der Waals surface area contributed by atoms with Gasteiger partial charge in [0, 0.05) is 24.3 Å². The molecule has 114 valence electrons. The van der Waals surface area contributed by atoms with Crippen molar-refractivity contribution in [3.8, 4) is 0 Å². The molecule has 0 bridgehead atoms. The Morgan fingerprint density at radius 1 is 1.24 bits per heavy atom. The Labute approximate surface area is 124 Å². The molecule has 1 fully saturated rings. The number of nitrogens with zero attached hydrogens (tertiary/aromatic N) is 1. The van der Waals surface area contributed by atoms with Crippen LogP contribution in [0.15, 0.2) is 12.1 Å². The van der Waals surface area contributed by atoms with Gasteiger partial charge in [0.1, 0.15) is 5.82 Å². The fourth-order valence-electron chi connectivity index (χ4n) is 3.37. The van der Waals surface area contributed by atoms with Crippen molar-refractivity contribution in [3.05, 3.63) is 23.5 Å². The van der Waals surface area contributed by atoms with Crippen molar-refractivity contribution in [2.24, 2.45) is 0 Å². The molecule has 21 heavy (non-hydrogen) atoms. The van der Waals surface area contributed by atoms with E-state index in [-0.39, 0.29) is 5.82 Å². The quantitative estimate of drug-likeness (QED) is 0.824. The summed E-state index contributed by atoms with van der Waals surface area (Å²) >= 11 is 0. The first-order chi connectivity index (χ1) is 10.1. The molecule has 1 heterocycles. The summed E-state index contributed by atoms with van der Waals surface area (Å²) in [5, 5.41) is 12.3. The van der Waals surface area contributed by atoms with E-state index in [1.165, 1.54) is 31.7 Å². The molecule has 1 atom stereocenters. The fourth-order valence-corrected chi connectivity index (χ4v) is 3.37. The van der Waals surface area contributed by atoms with Gasteiger partial charge in [-0.1, -0.05) is 25.7 Å². The summed E-state index contributed by atoms with van der Waals surface area (Å²) in [6.45, 7) is 0. The van der Waals surface area contributed by atoms with Crippen LogP contribution in [0.3, 0.4) is 0 Å². The fraction of sp³-hybridized carbons (Fsp3) is 0.562. The molecule has 1 unspecified atom stereocenters. The van der Waals surface area contributed by atoms with Gasteiger partial charge in [-0.2, -0.15) is 0 Å². The Balaban J connectivity index is 1.88. The number of rotatable bonds is 2. The number of nitrogens with one attached hydrogen (secondary N) is 1. The highest BCUT2D eigenvalue weighted by atomic mass is 19.1. The van der Waals surface area contributed by atoms with E-state index in [1.807, 2.05) is 11.9 Å². The maximum atomic E-state index is 14.4. The van der Waals surface area contributed by atoms with Gasteiger partial charge in [-0.05, 0) is 25.0 Å². The topological polar surface area (TPSA) is 52.6 Å². The first kappa shape index (κ1) is 14.3. The third-order valence-electron chi connectivity index (χ3n) is 4.67. The molecular weight excluding hydrogens is 271 g/mol. The summed E-state index contributed by atoms with van der Waals surface area (Å²) < 4.78 is 14.4. The van der Waals surface area contributed by atoms with E-state index in [0.717, 1.165) is 12.8 Å². The van der Waals surface area contributed by atoms with Crippen LogP contribution in [0.5, 0.6) is 0 Å². The molecule has 0 saturated heterocycles. The number of aliphatic hydroxyl groups is 1. The highest BCUT2D eigenvalue weighted by Crippen LogP contribution is 2.37. The van der Waals surface area contributed by atoms with E-state index in [0.29, 0.717) is 23.0 Å². The average molecular weight is 292 g/mol. The molecule has 4 nitrogen and oxygen atoms in total. The normalized spacial score (nSPS) is 22.6. The lowest BCUT2D eigenvalue weighted by Crippen LogP contribution is -2.31. The van der Waals surface area contributed by atoms with E-state index in [1.54, 1.807) is 6.07 Å². The number of anilines is 2. The minimum absolute atomic E-state index is 0.329. The lowest BCUT2D eigenvalue weighted by molar-refractivity contribution is -0.123. The summed E-state index contributed by atoms with van der Waals surface area (Å²) in [5.74, 6) is -0.866. The van der Waals surface area contributed by atoms with E-state index >= 15 is 0 Å². The van der Waals surface area contributed by atoms with E-state index < -0.39 is 12.0 Å². The third kappa shape index (κ3) is 2.62.